The van der Waals surface area contributed by atoms with E-state index in [0.29, 0.717) is 22.6 Å². The first-order valence-electron chi connectivity index (χ1n) is 7.71. The molecule has 0 saturated heterocycles. The minimum atomic E-state index is -1.04. The minimum Gasteiger partial charge on any atom is -0.478 e. The number of carboxylic acid groups (broad SMARTS) is 1. The number of hydrogen-bond acceptors (Lipinski definition) is 3. The second kappa shape index (κ2) is 6.91. The van der Waals surface area contributed by atoms with Gasteiger partial charge >= 0.3 is 5.97 Å². The summed E-state index contributed by atoms with van der Waals surface area (Å²) in [6.45, 7) is 2.31. The molecule has 1 heterocycles. The summed E-state index contributed by atoms with van der Waals surface area (Å²) in [7, 11) is 0. The molecule has 1 aromatic heterocycles. The summed E-state index contributed by atoms with van der Waals surface area (Å²) in [4.78, 5) is 28.2. The molecule has 0 aliphatic rings. The molecule has 126 valence electrons. The largest absolute Gasteiger partial charge is 0.478 e. The topological polar surface area (TPSA) is 72.2 Å². The highest BCUT2D eigenvalue weighted by Crippen LogP contribution is 2.18. The van der Waals surface area contributed by atoms with Gasteiger partial charge in [0, 0.05) is 11.6 Å². The maximum atomic E-state index is 12.6. The lowest BCUT2D eigenvalue weighted by atomic mass is 10.1. The first-order valence-corrected chi connectivity index (χ1v) is 8.09. The summed E-state index contributed by atoms with van der Waals surface area (Å²) in [5.41, 5.74) is 1.96. The monoisotopic (exact) mass is 354 g/mol. The summed E-state index contributed by atoms with van der Waals surface area (Å²) in [6.07, 6.45) is 3.32. The van der Waals surface area contributed by atoms with Gasteiger partial charge in [0.15, 0.2) is 0 Å². The molecule has 3 rings (SSSR count). The number of halogens is 1. The van der Waals surface area contributed by atoms with E-state index in [0.717, 1.165) is 5.56 Å². The van der Waals surface area contributed by atoms with Crippen molar-refractivity contribution >= 4 is 40.8 Å². The van der Waals surface area contributed by atoms with Crippen LogP contribution in [0.2, 0.25) is 5.02 Å². The number of hydrogen-bond donors (Lipinski definition) is 1. The number of nitrogens with zero attached hydrogens (tertiary/aromatic N) is 2. The fourth-order valence-corrected chi connectivity index (χ4v) is 2.80. The van der Waals surface area contributed by atoms with Gasteiger partial charge in [-0.2, -0.15) is 0 Å². The van der Waals surface area contributed by atoms with Crippen LogP contribution in [0.5, 0.6) is 0 Å². The van der Waals surface area contributed by atoms with Crippen molar-refractivity contribution in [1.29, 1.82) is 0 Å². The normalized spacial score (nSPS) is 11.3. The molecule has 0 amide bonds. The molecule has 2 aromatic carbocycles. The zero-order valence-corrected chi connectivity index (χ0v) is 14.2. The molecular formula is C19H15ClN2O3. The van der Waals surface area contributed by atoms with Gasteiger partial charge in [0.25, 0.3) is 5.56 Å². The summed E-state index contributed by atoms with van der Waals surface area (Å²) in [5.74, 6) is -1.04. The number of aryl methyl sites for hydroxylation is 1. The molecule has 3 aromatic rings. The quantitative estimate of drug-likeness (QED) is 0.770. The van der Waals surface area contributed by atoms with Crippen LogP contribution in [0.4, 0.5) is 0 Å². The molecule has 0 fully saturated rings. The van der Waals surface area contributed by atoms with E-state index < -0.39 is 5.97 Å². The van der Waals surface area contributed by atoms with Crippen LogP contribution >= 0.6 is 11.6 Å². The number of aromatic nitrogens is 2. The second-order valence-corrected chi connectivity index (χ2v) is 5.82. The fourth-order valence-electron chi connectivity index (χ4n) is 2.60. The van der Waals surface area contributed by atoms with E-state index in [1.54, 1.807) is 28.9 Å². The van der Waals surface area contributed by atoms with Crippen molar-refractivity contribution in [3.8, 4) is 0 Å². The SMILES string of the molecule is CCn1c(=O)c(/C=C/c2ccccc2Cl)nc2cc(C(=O)O)ccc21. The van der Waals surface area contributed by atoms with Crippen molar-refractivity contribution in [3.05, 3.63) is 74.7 Å². The molecule has 0 saturated carbocycles. The fraction of sp³-hybridized carbons (Fsp3) is 0.105. The van der Waals surface area contributed by atoms with Gasteiger partial charge in [-0.1, -0.05) is 35.9 Å². The molecule has 5 nitrogen and oxygen atoms in total. The van der Waals surface area contributed by atoms with Crippen LogP contribution in [0.25, 0.3) is 23.2 Å². The lowest BCUT2D eigenvalue weighted by Crippen LogP contribution is -2.23. The molecule has 0 unspecified atom stereocenters. The lowest BCUT2D eigenvalue weighted by Gasteiger charge is -2.09. The maximum absolute atomic E-state index is 12.6. The lowest BCUT2D eigenvalue weighted by molar-refractivity contribution is 0.0697. The summed E-state index contributed by atoms with van der Waals surface area (Å²) in [6, 6.07) is 11.8. The third kappa shape index (κ3) is 3.32. The van der Waals surface area contributed by atoms with Crippen LogP contribution in [0, 0.1) is 0 Å². The Morgan fingerprint density at radius 2 is 2.00 bits per heavy atom. The molecule has 1 N–H and O–H groups in total. The van der Waals surface area contributed by atoms with Gasteiger partial charge in [0.1, 0.15) is 5.69 Å². The van der Waals surface area contributed by atoms with E-state index >= 15 is 0 Å². The van der Waals surface area contributed by atoms with E-state index in [-0.39, 0.29) is 16.8 Å². The Hall–Kier alpha value is -2.92. The summed E-state index contributed by atoms with van der Waals surface area (Å²) < 4.78 is 1.57. The van der Waals surface area contributed by atoms with Gasteiger partial charge in [-0.15, -0.1) is 0 Å². The Labute approximate surface area is 148 Å². The van der Waals surface area contributed by atoms with E-state index in [9.17, 15) is 9.59 Å². The molecule has 0 radical (unpaired) electrons. The molecule has 0 atom stereocenters. The Bertz CT molecular complexity index is 1050. The Morgan fingerprint density at radius 3 is 2.68 bits per heavy atom. The third-order valence-corrected chi connectivity index (χ3v) is 4.20. The predicted octanol–water partition coefficient (Wildman–Crippen LogP) is 3.94. The van der Waals surface area contributed by atoms with Crippen LogP contribution < -0.4 is 5.56 Å². The first kappa shape index (κ1) is 16.9. The number of aromatic carboxylic acids is 1. The van der Waals surface area contributed by atoms with Crippen LogP contribution in [0.3, 0.4) is 0 Å². The van der Waals surface area contributed by atoms with Gasteiger partial charge in [0.2, 0.25) is 0 Å². The highest BCUT2D eigenvalue weighted by molar-refractivity contribution is 6.32. The summed E-state index contributed by atoms with van der Waals surface area (Å²) >= 11 is 6.12. The van der Waals surface area contributed by atoms with E-state index in [1.807, 2.05) is 25.1 Å². The average Bonchev–Trinajstić information content (AvgIpc) is 2.60. The van der Waals surface area contributed by atoms with Crippen LogP contribution in [0.15, 0.2) is 47.3 Å². The highest BCUT2D eigenvalue weighted by atomic mass is 35.5. The van der Waals surface area contributed by atoms with Crippen molar-refractivity contribution in [3.63, 3.8) is 0 Å². The van der Waals surface area contributed by atoms with Crippen molar-refractivity contribution in [2.24, 2.45) is 0 Å². The molecule has 0 aliphatic carbocycles. The molecule has 6 heteroatoms. The zero-order chi connectivity index (χ0) is 18.0. The standard InChI is InChI=1S/C19H15ClN2O3/c1-2-22-17-10-8-13(19(24)25)11-16(17)21-15(18(22)23)9-7-12-5-3-4-6-14(12)20/h3-11H,2H2,1H3,(H,24,25)/b9-7+. The number of fused-ring (bicyclic) bond motifs is 1. The predicted molar refractivity (Wildman–Crippen MR) is 99.0 cm³/mol. The number of rotatable bonds is 4. The van der Waals surface area contributed by atoms with Crippen molar-refractivity contribution in [2.45, 2.75) is 13.5 Å². The number of benzene rings is 2. The first-order chi connectivity index (χ1) is 12.0. The highest BCUT2D eigenvalue weighted by Gasteiger charge is 2.11. The molecule has 25 heavy (non-hydrogen) atoms. The van der Waals surface area contributed by atoms with Gasteiger partial charge in [-0.05, 0) is 42.8 Å². The zero-order valence-electron chi connectivity index (χ0n) is 13.4. The second-order valence-electron chi connectivity index (χ2n) is 5.41. The minimum absolute atomic E-state index is 0.127. The van der Waals surface area contributed by atoms with Crippen molar-refractivity contribution in [2.75, 3.05) is 0 Å². The number of carbonyl (C=O) groups is 1. The molecule has 0 aliphatic heterocycles. The maximum Gasteiger partial charge on any atom is 0.335 e. The van der Waals surface area contributed by atoms with E-state index in [4.69, 9.17) is 16.7 Å². The molecular weight excluding hydrogens is 340 g/mol. The van der Waals surface area contributed by atoms with Crippen molar-refractivity contribution < 1.29 is 9.90 Å². The van der Waals surface area contributed by atoms with E-state index in [2.05, 4.69) is 4.98 Å². The van der Waals surface area contributed by atoms with Crippen LogP contribution in [-0.4, -0.2) is 20.6 Å². The Balaban J connectivity index is 2.17. The molecule has 0 bridgehead atoms. The van der Waals surface area contributed by atoms with Crippen molar-refractivity contribution in [1.82, 2.24) is 9.55 Å². The van der Waals surface area contributed by atoms with Crippen LogP contribution in [0.1, 0.15) is 28.5 Å². The van der Waals surface area contributed by atoms with Gasteiger partial charge in [0.05, 0.1) is 16.6 Å². The van der Waals surface area contributed by atoms with Gasteiger partial charge < -0.3 is 9.67 Å². The number of carboxylic acids is 1. The Morgan fingerprint density at radius 1 is 1.24 bits per heavy atom. The van der Waals surface area contributed by atoms with E-state index in [1.165, 1.54) is 12.1 Å². The smallest absolute Gasteiger partial charge is 0.335 e. The Kier molecular flexibility index (Phi) is 4.67. The van der Waals surface area contributed by atoms with Crippen LogP contribution in [-0.2, 0) is 6.54 Å². The van der Waals surface area contributed by atoms with Gasteiger partial charge in [-0.3, -0.25) is 4.79 Å². The third-order valence-electron chi connectivity index (χ3n) is 3.86. The average molecular weight is 355 g/mol. The summed E-state index contributed by atoms with van der Waals surface area (Å²) in [5, 5.41) is 9.72. The molecule has 0 spiro atoms. The van der Waals surface area contributed by atoms with Gasteiger partial charge in [-0.25, -0.2) is 9.78 Å².